The van der Waals surface area contributed by atoms with Crippen molar-refractivity contribution in [1.29, 1.82) is 0 Å². The summed E-state index contributed by atoms with van der Waals surface area (Å²) in [5.74, 6) is 0. The van der Waals surface area contributed by atoms with Crippen molar-refractivity contribution in [3.05, 3.63) is 0 Å². The van der Waals surface area contributed by atoms with Crippen LogP contribution in [0.3, 0.4) is 0 Å². The van der Waals surface area contributed by atoms with E-state index in [1.165, 1.54) is 0 Å². The third-order valence-corrected chi connectivity index (χ3v) is 0.408. The van der Waals surface area contributed by atoms with E-state index in [4.69, 9.17) is 4.74 Å². The number of halogens is 1. The van der Waals surface area contributed by atoms with Gasteiger partial charge in [-0.25, -0.2) is 0 Å². The molecule has 0 saturated carbocycles. The van der Waals surface area contributed by atoms with Gasteiger partial charge in [-0.1, -0.05) is 0 Å². The van der Waals surface area contributed by atoms with E-state index < -0.39 is 0 Å². The van der Waals surface area contributed by atoms with E-state index in [0.29, 0.717) is 0 Å². The van der Waals surface area contributed by atoms with Crippen molar-refractivity contribution < 1.29 is 32.0 Å². The first-order valence-electron chi connectivity index (χ1n) is 1.99. The SMILES string of the molecule is CCOCC.Cl.[Cd]. The molecule has 0 rings (SSSR count). The minimum absolute atomic E-state index is 0. The first-order valence-corrected chi connectivity index (χ1v) is 1.99. The molecule has 0 atom stereocenters. The second-order valence-electron chi connectivity index (χ2n) is 0.781. The predicted octanol–water partition coefficient (Wildman–Crippen LogP) is 1.46. The largest absolute Gasteiger partial charge is 0.382 e. The fraction of sp³-hybridized carbons (Fsp3) is 1.00. The average molecular weight is 223 g/mol. The molecule has 0 aromatic rings. The molecular weight excluding hydrogens is 212 g/mol. The van der Waals surface area contributed by atoms with Crippen LogP contribution in [0.2, 0.25) is 0 Å². The maximum Gasteiger partial charge on any atom is 0.0437 e. The molecule has 0 spiro atoms. The molecule has 0 aromatic heterocycles. The van der Waals surface area contributed by atoms with Crippen LogP contribution in [0.5, 0.6) is 0 Å². The Labute approximate surface area is 71.4 Å². The zero-order valence-corrected chi connectivity index (χ0v) is 9.79. The zero-order valence-electron chi connectivity index (χ0n) is 4.94. The van der Waals surface area contributed by atoms with Crippen LogP contribution in [0.15, 0.2) is 0 Å². The molecule has 0 aliphatic heterocycles. The molecule has 0 radical (unpaired) electrons. The molecule has 0 saturated heterocycles. The van der Waals surface area contributed by atoms with Crippen molar-refractivity contribution in [3.8, 4) is 0 Å². The van der Waals surface area contributed by atoms with Gasteiger partial charge in [0.25, 0.3) is 0 Å². The Kier molecular flexibility index (Phi) is 35.2. The van der Waals surface area contributed by atoms with Crippen LogP contribution >= 0.6 is 12.4 Å². The Morgan fingerprint density at radius 3 is 1.43 bits per heavy atom. The fourth-order valence-corrected chi connectivity index (χ4v) is 0.204. The number of rotatable bonds is 2. The van der Waals surface area contributed by atoms with Gasteiger partial charge in [0.15, 0.2) is 0 Å². The van der Waals surface area contributed by atoms with Crippen molar-refractivity contribution in [2.45, 2.75) is 13.8 Å². The van der Waals surface area contributed by atoms with Gasteiger partial charge in [0.1, 0.15) is 0 Å². The van der Waals surface area contributed by atoms with Crippen molar-refractivity contribution >= 4 is 12.4 Å². The molecule has 0 bridgehead atoms. The molecule has 0 N–H and O–H groups in total. The van der Waals surface area contributed by atoms with Gasteiger partial charge in [-0.3, -0.25) is 0 Å². The maximum absolute atomic E-state index is 4.83. The molecule has 3 heteroatoms. The third kappa shape index (κ3) is 19.1. The van der Waals surface area contributed by atoms with Gasteiger partial charge in [-0.2, -0.15) is 0 Å². The average Bonchev–Trinajstić information content (AvgIpc) is 1.41. The third-order valence-electron chi connectivity index (χ3n) is 0.408. The van der Waals surface area contributed by atoms with Crippen LogP contribution in [-0.2, 0) is 32.0 Å². The minimum atomic E-state index is 0. The molecule has 0 aliphatic carbocycles. The van der Waals surface area contributed by atoms with Gasteiger partial charge >= 0.3 is 0 Å². The number of ether oxygens (including phenoxy) is 1. The van der Waals surface area contributed by atoms with Crippen LogP contribution in [0.1, 0.15) is 13.8 Å². The molecule has 0 fully saturated rings. The molecule has 42 valence electrons. The Hall–Kier alpha value is 1.17. The van der Waals surface area contributed by atoms with E-state index in [1.807, 2.05) is 13.8 Å². The summed E-state index contributed by atoms with van der Waals surface area (Å²) in [6.07, 6.45) is 0. The first-order chi connectivity index (χ1) is 2.41. The van der Waals surface area contributed by atoms with E-state index in [-0.39, 0.29) is 39.7 Å². The molecule has 0 unspecified atom stereocenters. The molecular formula is C4H11CdClO. The Morgan fingerprint density at radius 1 is 1.14 bits per heavy atom. The second kappa shape index (κ2) is 15.7. The zero-order chi connectivity index (χ0) is 4.12. The predicted molar refractivity (Wildman–Crippen MR) is 29.4 cm³/mol. The Balaban J connectivity index is -0.0000000800. The van der Waals surface area contributed by atoms with Crippen LogP contribution in [0.4, 0.5) is 0 Å². The van der Waals surface area contributed by atoms with E-state index >= 15 is 0 Å². The summed E-state index contributed by atoms with van der Waals surface area (Å²) in [5.41, 5.74) is 0. The van der Waals surface area contributed by atoms with E-state index in [1.54, 1.807) is 0 Å². The van der Waals surface area contributed by atoms with E-state index in [2.05, 4.69) is 0 Å². The van der Waals surface area contributed by atoms with Crippen LogP contribution in [0, 0.1) is 0 Å². The number of hydrogen-bond acceptors (Lipinski definition) is 1. The number of hydrogen-bond donors (Lipinski definition) is 0. The van der Waals surface area contributed by atoms with Gasteiger partial charge in [0.2, 0.25) is 0 Å². The summed E-state index contributed by atoms with van der Waals surface area (Å²) < 4.78 is 4.83. The molecule has 0 heterocycles. The van der Waals surface area contributed by atoms with Gasteiger partial charge in [-0.05, 0) is 13.8 Å². The summed E-state index contributed by atoms with van der Waals surface area (Å²) in [7, 11) is 0. The van der Waals surface area contributed by atoms with E-state index in [9.17, 15) is 0 Å². The van der Waals surface area contributed by atoms with Crippen molar-refractivity contribution in [1.82, 2.24) is 0 Å². The summed E-state index contributed by atoms with van der Waals surface area (Å²) in [6.45, 7) is 5.67. The summed E-state index contributed by atoms with van der Waals surface area (Å²) in [6, 6.07) is 0. The molecule has 7 heavy (non-hydrogen) atoms. The van der Waals surface area contributed by atoms with Gasteiger partial charge < -0.3 is 4.74 Å². The normalized spacial score (nSPS) is 6.00. The van der Waals surface area contributed by atoms with Crippen molar-refractivity contribution in [2.75, 3.05) is 13.2 Å². The fourth-order valence-electron chi connectivity index (χ4n) is 0.204. The smallest absolute Gasteiger partial charge is 0.0437 e. The Bertz CT molecular complexity index is 19.2. The van der Waals surface area contributed by atoms with Crippen molar-refractivity contribution in [2.24, 2.45) is 0 Å². The first kappa shape index (κ1) is 15.7. The van der Waals surface area contributed by atoms with E-state index in [0.717, 1.165) is 13.2 Å². The molecule has 0 amide bonds. The summed E-state index contributed by atoms with van der Waals surface area (Å²) in [4.78, 5) is 0. The van der Waals surface area contributed by atoms with Crippen LogP contribution in [-0.4, -0.2) is 13.2 Å². The van der Waals surface area contributed by atoms with Gasteiger partial charge in [0, 0.05) is 40.5 Å². The quantitative estimate of drug-likeness (QED) is 0.644. The van der Waals surface area contributed by atoms with Crippen molar-refractivity contribution in [3.63, 3.8) is 0 Å². The minimum Gasteiger partial charge on any atom is -0.382 e. The van der Waals surface area contributed by atoms with Gasteiger partial charge in [0.05, 0.1) is 0 Å². The molecule has 1 nitrogen and oxygen atoms in total. The standard InChI is InChI=1S/C4H10O.Cd.ClH/c1-3-5-4-2;;/h3-4H2,1-2H3;;1H. The summed E-state index contributed by atoms with van der Waals surface area (Å²) >= 11 is 0. The molecule has 0 aromatic carbocycles. The topological polar surface area (TPSA) is 9.23 Å². The van der Waals surface area contributed by atoms with Gasteiger partial charge in [-0.15, -0.1) is 12.4 Å². The second-order valence-corrected chi connectivity index (χ2v) is 0.781. The monoisotopic (exact) mass is 224 g/mol. The Morgan fingerprint density at radius 2 is 1.43 bits per heavy atom. The van der Waals surface area contributed by atoms with Crippen LogP contribution < -0.4 is 0 Å². The maximum atomic E-state index is 4.83. The summed E-state index contributed by atoms with van der Waals surface area (Å²) in [5, 5.41) is 0. The van der Waals surface area contributed by atoms with Crippen LogP contribution in [0.25, 0.3) is 0 Å². The molecule has 0 aliphatic rings.